The molecule has 0 bridgehead atoms. The minimum Gasteiger partial charge on any atom is -0.396 e. The molecule has 116 valence electrons. The van der Waals surface area contributed by atoms with Crippen molar-refractivity contribution in [3.05, 3.63) is 40.8 Å². The van der Waals surface area contributed by atoms with Crippen molar-refractivity contribution in [1.29, 1.82) is 0 Å². The summed E-state index contributed by atoms with van der Waals surface area (Å²) in [6, 6.07) is 7.31. The number of carbonyl (C=O) groups is 1. The van der Waals surface area contributed by atoms with Crippen molar-refractivity contribution in [2.75, 3.05) is 19.7 Å². The van der Waals surface area contributed by atoms with Crippen LogP contribution in [-0.2, 0) is 11.3 Å². The highest BCUT2D eigenvalue weighted by atomic mass is 16.3. The molecule has 0 aliphatic carbocycles. The molecule has 0 unspecified atom stereocenters. The van der Waals surface area contributed by atoms with Crippen LogP contribution in [0.2, 0.25) is 0 Å². The summed E-state index contributed by atoms with van der Waals surface area (Å²) in [5.74, 6) is 0.225. The van der Waals surface area contributed by atoms with Gasteiger partial charge in [0.15, 0.2) is 0 Å². The molecular formula is C16H19N3O3. The first-order chi connectivity index (χ1) is 10.7. The van der Waals surface area contributed by atoms with Gasteiger partial charge < -0.3 is 10.0 Å². The average Bonchev–Trinajstić information content (AvgIpc) is 2.57. The van der Waals surface area contributed by atoms with E-state index in [4.69, 9.17) is 5.11 Å². The van der Waals surface area contributed by atoms with Crippen molar-refractivity contribution in [2.45, 2.75) is 19.4 Å². The molecule has 0 radical (unpaired) electrons. The number of hydrogen-bond acceptors (Lipinski definition) is 4. The Morgan fingerprint density at radius 2 is 2.00 bits per heavy atom. The molecule has 6 heteroatoms. The largest absolute Gasteiger partial charge is 0.396 e. The molecule has 1 amide bonds. The normalized spacial score (nSPS) is 16.1. The molecule has 1 aromatic carbocycles. The smallest absolute Gasteiger partial charge is 0.269 e. The molecule has 1 fully saturated rings. The van der Waals surface area contributed by atoms with E-state index in [0.29, 0.717) is 24.1 Å². The van der Waals surface area contributed by atoms with Gasteiger partial charge in [-0.2, -0.15) is 0 Å². The summed E-state index contributed by atoms with van der Waals surface area (Å²) in [6.45, 7) is 1.49. The monoisotopic (exact) mass is 301 g/mol. The lowest BCUT2D eigenvalue weighted by Crippen LogP contribution is -2.42. The van der Waals surface area contributed by atoms with Gasteiger partial charge in [-0.1, -0.05) is 12.1 Å². The Balaban J connectivity index is 1.80. The van der Waals surface area contributed by atoms with E-state index in [9.17, 15) is 9.59 Å². The number of para-hydroxylation sites is 2. The fourth-order valence-electron chi connectivity index (χ4n) is 2.88. The van der Waals surface area contributed by atoms with Crippen molar-refractivity contribution < 1.29 is 9.90 Å². The molecule has 1 aromatic heterocycles. The first kappa shape index (κ1) is 14.7. The molecule has 0 saturated carbocycles. The SMILES string of the molecule is O=C(Cn1c(=O)cnc2ccccc21)N1CCC(CO)CC1. The van der Waals surface area contributed by atoms with E-state index in [1.807, 2.05) is 18.2 Å². The fourth-order valence-corrected chi connectivity index (χ4v) is 2.88. The zero-order valence-corrected chi connectivity index (χ0v) is 12.3. The van der Waals surface area contributed by atoms with E-state index < -0.39 is 0 Å². The number of carbonyl (C=O) groups excluding carboxylic acids is 1. The third kappa shape index (κ3) is 2.87. The van der Waals surface area contributed by atoms with Crippen LogP contribution in [0.5, 0.6) is 0 Å². The van der Waals surface area contributed by atoms with E-state index in [2.05, 4.69) is 4.98 Å². The van der Waals surface area contributed by atoms with Gasteiger partial charge >= 0.3 is 0 Å². The number of nitrogens with zero attached hydrogens (tertiary/aromatic N) is 3. The van der Waals surface area contributed by atoms with Crippen LogP contribution in [-0.4, -0.2) is 45.2 Å². The molecule has 0 atom stereocenters. The summed E-state index contributed by atoms with van der Waals surface area (Å²) in [7, 11) is 0. The minimum absolute atomic E-state index is 0.0334. The third-order valence-electron chi connectivity index (χ3n) is 4.27. The van der Waals surface area contributed by atoms with Gasteiger partial charge in [0.2, 0.25) is 5.91 Å². The number of likely N-dealkylation sites (tertiary alicyclic amines) is 1. The molecule has 1 N–H and O–H groups in total. The Morgan fingerprint density at radius 3 is 2.73 bits per heavy atom. The zero-order valence-electron chi connectivity index (χ0n) is 12.3. The van der Waals surface area contributed by atoms with Crippen LogP contribution in [0.4, 0.5) is 0 Å². The summed E-state index contributed by atoms with van der Waals surface area (Å²) in [4.78, 5) is 30.4. The van der Waals surface area contributed by atoms with Crippen molar-refractivity contribution in [3.63, 3.8) is 0 Å². The van der Waals surface area contributed by atoms with Crippen LogP contribution in [0, 0.1) is 5.92 Å². The molecule has 2 heterocycles. The van der Waals surface area contributed by atoms with Gasteiger partial charge in [0.1, 0.15) is 6.54 Å². The second kappa shape index (κ2) is 6.27. The number of aliphatic hydroxyl groups excluding tert-OH is 1. The van der Waals surface area contributed by atoms with Gasteiger partial charge in [0.25, 0.3) is 5.56 Å². The summed E-state index contributed by atoms with van der Waals surface area (Å²) in [5.41, 5.74) is 1.11. The van der Waals surface area contributed by atoms with Crippen LogP contribution in [0.3, 0.4) is 0 Å². The molecule has 6 nitrogen and oxygen atoms in total. The molecule has 1 saturated heterocycles. The lowest BCUT2D eigenvalue weighted by atomic mass is 9.98. The van der Waals surface area contributed by atoms with Crippen molar-refractivity contribution in [1.82, 2.24) is 14.5 Å². The minimum atomic E-state index is -0.266. The Kier molecular flexibility index (Phi) is 4.20. The number of piperidine rings is 1. The number of fused-ring (bicyclic) bond motifs is 1. The molecule has 3 rings (SSSR count). The van der Waals surface area contributed by atoms with E-state index in [1.54, 1.807) is 11.0 Å². The van der Waals surface area contributed by atoms with Crippen LogP contribution in [0.1, 0.15) is 12.8 Å². The van der Waals surface area contributed by atoms with Gasteiger partial charge in [0.05, 0.1) is 17.2 Å². The third-order valence-corrected chi connectivity index (χ3v) is 4.27. The summed E-state index contributed by atoms with van der Waals surface area (Å²) >= 11 is 0. The molecular weight excluding hydrogens is 282 g/mol. The maximum Gasteiger partial charge on any atom is 0.269 e. The summed E-state index contributed by atoms with van der Waals surface area (Å²) in [6.07, 6.45) is 2.88. The zero-order chi connectivity index (χ0) is 15.5. The van der Waals surface area contributed by atoms with Crippen LogP contribution in [0.25, 0.3) is 11.0 Å². The molecule has 22 heavy (non-hydrogen) atoms. The number of rotatable bonds is 3. The van der Waals surface area contributed by atoms with Gasteiger partial charge in [-0.3, -0.25) is 14.2 Å². The Morgan fingerprint density at radius 1 is 1.27 bits per heavy atom. The average molecular weight is 301 g/mol. The standard InChI is InChI=1S/C16H19N3O3/c20-11-12-5-7-18(8-6-12)16(22)10-19-14-4-2-1-3-13(14)17-9-15(19)21/h1-4,9,12,20H,5-8,10-11H2. The topological polar surface area (TPSA) is 75.4 Å². The number of amides is 1. The lowest BCUT2D eigenvalue weighted by Gasteiger charge is -2.31. The van der Waals surface area contributed by atoms with E-state index in [-0.39, 0.29) is 30.5 Å². The highest BCUT2D eigenvalue weighted by Crippen LogP contribution is 2.17. The Bertz CT molecular complexity index is 733. The van der Waals surface area contributed by atoms with E-state index in [0.717, 1.165) is 12.8 Å². The highest BCUT2D eigenvalue weighted by Gasteiger charge is 2.22. The predicted octanol–water partition coefficient (Wildman–Crippen LogP) is 0.627. The first-order valence-corrected chi connectivity index (χ1v) is 7.52. The molecule has 1 aliphatic rings. The maximum absolute atomic E-state index is 12.4. The second-order valence-corrected chi connectivity index (χ2v) is 5.68. The highest BCUT2D eigenvalue weighted by molar-refractivity contribution is 5.80. The van der Waals surface area contributed by atoms with Crippen molar-refractivity contribution in [2.24, 2.45) is 5.92 Å². The fraction of sp³-hybridized carbons (Fsp3) is 0.438. The van der Waals surface area contributed by atoms with E-state index >= 15 is 0 Å². The quantitative estimate of drug-likeness (QED) is 0.902. The van der Waals surface area contributed by atoms with Crippen molar-refractivity contribution >= 4 is 16.9 Å². The van der Waals surface area contributed by atoms with Gasteiger partial charge in [-0.25, -0.2) is 4.98 Å². The maximum atomic E-state index is 12.4. The Labute approximate surface area is 128 Å². The van der Waals surface area contributed by atoms with E-state index in [1.165, 1.54) is 10.8 Å². The summed E-state index contributed by atoms with van der Waals surface area (Å²) < 4.78 is 1.47. The number of hydrogen-bond donors (Lipinski definition) is 1. The van der Waals surface area contributed by atoms with Gasteiger partial charge in [0, 0.05) is 19.7 Å². The first-order valence-electron chi connectivity index (χ1n) is 7.52. The number of benzene rings is 1. The summed E-state index contributed by atoms with van der Waals surface area (Å²) in [5, 5.41) is 9.15. The molecule has 0 spiro atoms. The number of aliphatic hydroxyl groups is 1. The molecule has 1 aliphatic heterocycles. The van der Waals surface area contributed by atoms with Crippen LogP contribution >= 0.6 is 0 Å². The van der Waals surface area contributed by atoms with Crippen molar-refractivity contribution in [3.8, 4) is 0 Å². The number of aromatic nitrogens is 2. The predicted molar refractivity (Wildman–Crippen MR) is 82.4 cm³/mol. The van der Waals surface area contributed by atoms with Gasteiger partial charge in [-0.15, -0.1) is 0 Å². The van der Waals surface area contributed by atoms with Gasteiger partial charge in [-0.05, 0) is 30.9 Å². The second-order valence-electron chi connectivity index (χ2n) is 5.68. The van der Waals surface area contributed by atoms with Crippen LogP contribution in [0.15, 0.2) is 35.3 Å². The van der Waals surface area contributed by atoms with Crippen LogP contribution < -0.4 is 5.56 Å². The Hall–Kier alpha value is -2.21. The lowest BCUT2D eigenvalue weighted by molar-refractivity contribution is -0.133. The molecule has 2 aromatic rings.